The Morgan fingerprint density at radius 2 is 1.96 bits per heavy atom. The van der Waals surface area contributed by atoms with Crippen LogP contribution >= 0.6 is 22.9 Å². The zero-order valence-corrected chi connectivity index (χ0v) is 15.9. The van der Waals surface area contributed by atoms with Crippen LogP contribution in [0.3, 0.4) is 0 Å². The van der Waals surface area contributed by atoms with Gasteiger partial charge >= 0.3 is 0 Å². The minimum Gasteiger partial charge on any atom is -0.347 e. The van der Waals surface area contributed by atoms with Crippen LogP contribution in [0.15, 0.2) is 54.6 Å². The fourth-order valence-electron chi connectivity index (χ4n) is 2.91. The van der Waals surface area contributed by atoms with Gasteiger partial charge < -0.3 is 5.32 Å². The van der Waals surface area contributed by atoms with E-state index in [1.165, 1.54) is 17.4 Å². The van der Waals surface area contributed by atoms with Gasteiger partial charge in [0.05, 0.1) is 4.88 Å². The summed E-state index contributed by atoms with van der Waals surface area (Å²) in [5, 5.41) is 8.68. The lowest BCUT2D eigenvalue weighted by molar-refractivity contribution is 0.0955. The minimum atomic E-state index is -0.339. The summed E-state index contributed by atoms with van der Waals surface area (Å²) in [7, 11) is 1.79. The van der Waals surface area contributed by atoms with Crippen LogP contribution in [0.4, 0.5) is 4.39 Å². The first-order chi connectivity index (χ1) is 13.0. The zero-order chi connectivity index (χ0) is 19.0. The molecule has 7 heteroatoms. The molecule has 0 unspecified atom stereocenters. The lowest BCUT2D eigenvalue weighted by Gasteiger charge is -2.05. The number of aryl methyl sites for hydroxylation is 1. The number of fused-ring (bicyclic) bond motifs is 1. The molecule has 0 aliphatic carbocycles. The van der Waals surface area contributed by atoms with Crippen molar-refractivity contribution in [3.05, 3.63) is 75.9 Å². The molecule has 0 aliphatic rings. The molecule has 1 N–H and O–H groups in total. The summed E-state index contributed by atoms with van der Waals surface area (Å²) in [4.78, 5) is 13.9. The van der Waals surface area contributed by atoms with Crippen molar-refractivity contribution >= 4 is 39.1 Å². The van der Waals surface area contributed by atoms with Gasteiger partial charge in [0.25, 0.3) is 5.91 Å². The van der Waals surface area contributed by atoms with Gasteiger partial charge in [-0.2, -0.15) is 5.10 Å². The molecule has 2 aromatic carbocycles. The number of halogens is 2. The number of thiophene rings is 1. The van der Waals surface area contributed by atoms with E-state index in [4.69, 9.17) is 11.6 Å². The molecular weight excluding hydrogens is 385 g/mol. The molecule has 27 heavy (non-hydrogen) atoms. The molecule has 0 radical (unpaired) electrons. The van der Waals surface area contributed by atoms with E-state index in [1.54, 1.807) is 42.1 Å². The molecule has 0 bridgehead atoms. The van der Waals surface area contributed by atoms with Crippen molar-refractivity contribution in [3.63, 3.8) is 0 Å². The molecule has 0 atom stereocenters. The minimum absolute atomic E-state index is 0.199. The number of rotatable bonds is 4. The predicted molar refractivity (Wildman–Crippen MR) is 107 cm³/mol. The van der Waals surface area contributed by atoms with E-state index in [2.05, 4.69) is 10.4 Å². The van der Waals surface area contributed by atoms with Crippen molar-refractivity contribution in [2.24, 2.45) is 7.05 Å². The van der Waals surface area contributed by atoms with Crippen molar-refractivity contribution in [2.75, 3.05) is 0 Å². The molecule has 2 aromatic heterocycles. The Balaban J connectivity index is 1.64. The van der Waals surface area contributed by atoms with E-state index in [0.29, 0.717) is 27.7 Å². The molecule has 2 heterocycles. The third-order valence-electron chi connectivity index (χ3n) is 4.26. The summed E-state index contributed by atoms with van der Waals surface area (Å²) in [5.41, 5.74) is 1.80. The number of carbonyl (C=O) groups excluding carboxylic acids is 1. The second-order valence-corrected chi connectivity index (χ2v) is 7.49. The molecule has 0 saturated carbocycles. The largest absolute Gasteiger partial charge is 0.347 e. The van der Waals surface area contributed by atoms with Crippen LogP contribution in [0.2, 0.25) is 5.02 Å². The Kier molecular flexibility index (Phi) is 4.68. The van der Waals surface area contributed by atoms with Crippen LogP contribution in [-0.4, -0.2) is 15.7 Å². The van der Waals surface area contributed by atoms with Crippen molar-refractivity contribution < 1.29 is 9.18 Å². The van der Waals surface area contributed by atoms with Gasteiger partial charge in [0, 0.05) is 29.6 Å². The number of hydrogen-bond acceptors (Lipinski definition) is 3. The number of nitrogens with one attached hydrogen (secondary N) is 1. The first-order valence-electron chi connectivity index (χ1n) is 8.27. The van der Waals surface area contributed by atoms with Crippen molar-refractivity contribution in [3.8, 4) is 11.3 Å². The standard InChI is InChI=1S/C20H15ClFN3OS/c1-25-20-14(18(24-25)13-7-3-5-9-16(13)22)10-17(27-20)19(26)23-11-12-6-2-4-8-15(12)21/h2-10H,11H2,1H3,(H,23,26). The fraction of sp³-hybridized carbons (Fsp3) is 0.100. The highest BCUT2D eigenvalue weighted by Gasteiger charge is 2.19. The Labute approximate surface area is 164 Å². The van der Waals surface area contributed by atoms with Gasteiger partial charge in [0.15, 0.2) is 0 Å². The van der Waals surface area contributed by atoms with Gasteiger partial charge in [-0.25, -0.2) is 4.39 Å². The van der Waals surface area contributed by atoms with Gasteiger partial charge in [-0.3, -0.25) is 9.48 Å². The summed E-state index contributed by atoms with van der Waals surface area (Å²) in [6.07, 6.45) is 0. The molecule has 1 amide bonds. The summed E-state index contributed by atoms with van der Waals surface area (Å²) < 4.78 is 15.9. The lowest BCUT2D eigenvalue weighted by Crippen LogP contribution is -2.21. The molecule has 0 saturated heterocycles. The van der Waals surface area contributed by atoms with Gasteiger partial charge in [-0.15, -0.1) is 11.3 Å². The Hall–Kier alpha value is -2.70. The summed E-state index contributed by atoms with van der Waals surface area (Å²) in [6, 6.07) is 15.6. The van der Waals surface area contributed by atoms with E-state index >= 15 is 0 Å². The highest BCUT2D eigenvalue weighted by Crippen LogP contribution is 2.34. The maximum atomic E-state index is 14.2. The molecule has 136 valence electrons. The number of aromatic nitrogens is 2. The first kappa shape index (κ1) is 17.7. The van der Waals surface area contributed by atoms with Crippen molar-refractivity contribution in [1.29, 1.82) is 0 Å². The summed E-state index contributed by atoms with van der Waals surface area (Å²) in [5.74, 6) is -0.538. The number of carbonyl (C=O) groups is 1. The first-order valence-corrected chi connectivity index (χ1v) is 9.47. The molecule has 4 nitrogen and oxygen atoms in total. The molecule has 0 fully saturated rings. The van der Waals surface area contributed by atoms with E-state index in [1.807, 2.05) is 18.2 Å². The van der Waals surface area contributed by atoms with Gasteiger partial charge in [0.1, 0.15) is 16.3 Å². The van der Waals surface area contributed by atoms with E-state index < -0.39 is 0 Å². The third kappa shape index (κ3) is 3.34. The van der Waals surface area contributed by atoms with Crippen LogP contribution in [0.25, 0.3) is 21.5 Å². The quantitative estimate of drug-likeness (QED) is 0.523. The second-order valence-electron chi connectivity index (χ2n) is 6.06. The van der Waals surface area contributed by atoms with Crippen LogP contribution < -0.4 is 5.32 Å². The van der Waals surface area contributed by atoms with Crippen LogP contribution in [0, 0.1) is 5.82 Å². The number of nitrogens with zero attached hydrogens (tertiary/aromatic N) is 2. The summed E-state index contributed by atoms with van der Waals surface area (Å²) in [6.45, 7) is 0.338. The monoisotopic (exact) mass is 399 g/mol. The smallest absolute Gasteiger partial charge is 0.261 e. The molecule has 4 rings (SSSR count). The van der Waals surface area contributed by atoms with Gasteiger partial charge in [-0.05, 0) is 29.8 Å². The Bertz CT molecular complexity index is 1150. The SMILES string of the molecule is Cn1nc(-c2ccccc2F)c2cc(C(=O)NCc3ccccc3Cl)sc21. The van der Waals surface area contributed by atoms with E-state index in [0.717, 1.165) is 15.8 Å². The van der Waals surface area contributed by atoms with E-state index in [9.17, 15) is 9.18 Å². The second kappa shape index (κ2) is 7.13. The van der Waals surface area contributed by atoms with Crippen LogP contribution in [0.5, 0.6) is 0 Å². The van der Waals surface area contributed by atoms with Gasteiger partial charge in [0.2, 0.25) is 0 Å². The number of benzene rings is 2. The molecule has 0 spiro atoms. The van der Waals surface area contributed by atoms with Crippen LogP contribution in [-0.2, 0) is 13.6 Å². The normalized spacial score (nSPS) is 11.1. The summed E-state index contributed by atoms with van der Waals surface area (Å²) >= 11 is 7.45. The Morgan fingerprint density at radius 3 is 2.74 bits per heavy atom. The average Bonchev–Trinajstić information content (AvgIpc) is 3.22. The lowest BCUT2D eigenvalue weighted by atomic mass is 10.1. The zero-order valence-electron chi connectivity index (χ0n) is 14.4. The van der Waals surface area contributed by atoms with Crippen molar-refractivity contribution in [1.82, 2.24) is 15.1 Å². The van der Waals surface area contributed by atoms with Crippen molar-refractivity contribution in [2.45, 2.75) is 6.54 Å². The number of amides is 1. The number of hydrogen-bond donors (Lipinski definition) is 1. The Morgan fingerprint density at radius 1 is 1.22 bits per heavy atom. The maximum Gasteiger partial charge on any atom is 0.261 e. The fourth-order valence-corrected chi connectivity index (χ4v) is 4.10. The third-order valence-corrected chi connectivity index (χ3v) is 5.83. The maximum absolute atomic E-state index is 14.2. The average molecular weight is 400 g/mol. The molecule has 0 aliphatic heterocycles. The predicted octanol–water partition coefficient (Wildman–Crippen LogP) is 5.02. The highest BCUT2D eigenvalue weighted by atomic mass is 35.5. The van der Waals surface area contributed by atoms with E-state index in [-0.39, 0.29) is 11.7 Å². The molecular formula is C20H15ClFN3OS. The highest BCUT2D eigenvalue weighted by molar-refractivity contribution is 7.20. The van der Waals surface area contributed by atoms with Crippen LogP contribution in [0.1, 0.15) is 15.2 Å². The molecule has 4 aromatic rings. The topological polar surface area (TPSA) is 46.9 Å². The van der Waals surface area contributed by atoms with Gasteiger partial charge in [-0.1, -0.05) is 41.9 Å².